The van der Waals surface area contributed by atoms with Gasteiger partial charge < -0.3 is 0 Å². The van der Waals surface area contributed by atoms with Gasteiger partial charge in [0.2, 0.25) is 0 Å². The average Bonchev–Trinajstić information content (AvgIpc) is 2.12. The van der Waals surface area contributed by atoms with Gasteiger partial charge in [0.15, 0.2) is 0 Å². The first-order valence-electron chi connectivity index (χ1n) is 4.67. The molecule has 1 fully saturated rings. The van der Waals surface area contributed by atoms with Crippen LogP contribution in [0.5, 0.6) is 0 Å². The largest absolute Gasteiger partial charge is 0.152 e. The Morgan fingerprint density at radius 3 is 2.18 bits per heavy atom. The fourth-order valence-electron chi connectivity index (χ4n) is 1.74. The molecule has 0 N–H and O–H groups in total. The Bertz CT molecular complexity index is 123. The van der Waals surface area contributed by atoms with Crippen molar-refractivity contribution in [1.29, 1.82) is 0 Å². The van der Waals surface area contributed by atoms with Crippen LogP contribution < -0.4 is 0 Å². The van der Waals surface area contributed by atoms with Crippen LogP contribution in [0.15, 0.2) is 0 Å². The summed E-state index contributed by atoms with van der Waals surface area (Å²) in [4.78, 5) is 0. The molecule has 0 saturated heterocycles. The summed E-state index contributed by atoms with van der Waals surface area (Å²) in [6.45, 7) is 9.37. The van der Waals surface area contributed by atoms with Crippen molar-refractivity contribution in [2.45, 2.75) is 57.0 Å². The summed E-state index contributed by atoms with van der Waals surface area (Å²) in [6.07, 6.45) is 4.35. The van der Waals surface area contributed by atoms with E-state index in [0.717, 1.165) is 11.2 Å². The van der Waals surface area contributed by atoms with E-state index in [-0.39, 0.29) is 0 Å². The lowest BCUT2D eigenvalue weighted by Crippen LogP contribution is -2.17. The van der Waals surface area contributed by atoms with E-state index < -0.39 is 0 Å². The molecule has 0 bridgehead atoms. The highest BCUT2D eigenvalue weighted by molar-refractivity contribution is 8.01. The van der Waals surface area contributed by atoms with E-state index in [4.69, 9.17) is 0 Å². The Balaban J connectivity index is 2.37. The first-order valence-corrected chi connectivity index (χ1v) is 5.55. The van der Waals surface area contributed by atoms with Crippen molar-refractivity contribution < 1.29 is 0 Å². The van der Waals surface area contributed by atoms with Crippen molar-refractivity contribution in [2.75, 3.05) is 0 Å². The summed E-state index contributed by atoms with van der Waals surface area (Å²) in [6, 6.07) is 0. The molecule has 0 aromatic heterocycles. The monoisotopic (exact) mass is 172 g/mol. The third kappa shape index (κ3) is 3.06. The van der Waals surface area contributed by atoms with Gasteiger partial charge in [-0.2, -0.15) is 11.8 Å². The maximum atomic E-state index is 2.40. The molecule has 0 aromatic carbocycles. The van der Waals surface area contributed by atoms with E-state index in [1.165, 1.54) is 19.3 Å². The topological polar surface area (TPSA) is 0 Å². The van der Waals surface area contributed by atoms with Gasteiger partial charge in [0.05, 0.1) is 0 Å². The normalized spacial score (nSPS) is 32.7. The number of rotatable bonds is 1. The molecule has 1 heteroatoms. The molecule has 2 unspecified atom stereocenters. The van der Waals surface area contributed by atoms with Gasteiger partial charge in [0, 0.05) is 10.00 Å². The SMILES string of the molecule is CC1CCCC1SC(C)(C)C. The van der Waals surface area contributed by atoms with Gasteiger partial charge in [-0.1, -0.05) is 34.1 Å². The highest BCUT2D eigenvalue weighted by Gasteiger charge is 2.27. The third-order valence-electron chi connectivity index (χ3n) is 2.29. The summed E-state index contributed by atoms with van der Waals surface area (Å²) in [5.74, 6) is 0.958. The quantitative estimate of drug-likeness (QED) is 0.581. The molecule has 0 radical (unpaired) electrons. The van der Waals surface area contributed by atoms with Crippen molar-refractivity contribution in [3.05, 3.63) is 0 Å². The van der Waals surface area contributed by atoms with Crippen LogP contribution in [-0.2, 0) is 0 Å². The second-order valence-corrected chi connectivity index (χ2v) is 6.74. The van der Waals surface area contributed by atoms with Crippen molar-refractivity contribution in [1.82, 2.24) is 0 Å². The molecular formula is C10H20S. The third-order valence-corrected chi connectivity index (χ3v) is 4.00. The van der Waals surface area contributed by atoms with Gasteiger partial charge >= 0.3 is 0 Å². The second kappa shape index (κ2) is 3.38. The zero-order chi connectivity index (χ0) is 8.48. The number of thioether (sulfide) groups is 1. The minimum absolute atomic E-state index is 0.462. The highest BCUT2D eigenvalue weighted by atomic mass is 32.2. The second-order valence-electron chi connectivity index (χ2n) is 4.68. The van der Waals surface area contributed by atoms with E-state index in [1.807, 2.05) is 0 Å². The lowest BCUT2D eigenvalue weighted by atomic mass is 10.1. The summed E-state index contributed by atoms with van der Waals surface area (Å²) in [5.41, 5.74) is 0. The fraction of sp³-hybridized carbons (Fsp3) is 1.00. The van der Waals surface area contributed by atoms with Gasteiger partial charge in [0.25, 0.3) is 0 Å². The standard InChI is InChI=1S/C10H20S/c1-8-6-5-7-9(8)11-10(2,3)4/h8-9H,5-7H2,1-4H3. The van der Waals surface area contributed by atoms with Gasteiger partial charge in [0.1, 0.15) is 0 Å². The van der Waals surface area contributed by atoms with Crippen molar-refractivity contribution in [2.24, 2.45) is 5.92 Å². The van der Waals surface area contributed by atoms with E-state index in [2.05, 4.69) is 39.5 Å². The summed E-state index contributed by atoms with van der Waals surface area (Å²) < 4.78 is 0.462. The predicted octanol–water partition coefficient (Wildman–Crippen LogP) is 3.71. The zero-order valence-electron chi connectivity index (χ0n) is 8.18. The minimum atomic E-state index is 0.462. The van der Waals surface area contributed by atoms with Gasteiger partial charge in [-0.25, -0.2) is 0 Å². The molecular weight excluding hydrogens is 152 g/mol. The van der Waals surface area contributed by atoms with Gasteiger partial charge in [-0.05, 0) is 18.8 Å². The molecule has 0 aliphatic heterocycles. The van der Waals surface area contributed by atoms with Crippen LogP contribution in [0.3, 0.4) is 0 Å². The smallest absolute Gasteiger partial charge is 0.00779 e. The van der Waals surface area contributed by atoms with Gasteiger partial charge in [-0.3, -0.25) is 0 Å². The number of hydrogen-bond acceptors (Lipinski definition) is 1. The maximum Gasteiger partial charge on any atom is 0.00779 e. The van der Waals surface area contributed by atoms with Crippen LogP contribution in [0.2, 0.25) is 0 Å². The molecule has 1 saturated carbocycles. The lowest BCUT2D eigenvalue weighted by molar-refractivity contribution is 0.618. The lowest BCUT2D eigenvalue weighted by Gasteiger charge is -2.25. The molecule has 1 rings (SSSR count). The Morgan fingerprint density at radius 1 is 1.18 bits per heavy atom. The first kappa shape index (κ1) is 9.44. The molecule has 0 spiro atoms. The molecule has 1 aliphatic carbocycles. The minimum Gasteiger partial charge on any atom is -0.152 e. The van der Waals surface area contributed by atoms with E-state index in [1.54, 1.807) is 0 Å². The van der Waals surface area contributed by atoms with E-state index in [9.17, 15) is 0 Å². The van der Waals surface area contributed by atoms with Crippen LogP contribution in [-0.4, -0.2) is 10.00 Å². The molecule has 2 atom stereocenters. The fourth-order valence-corrected chi connectivity index (χ4v) is 3.30. The summed E-state index contributed by atoms with van der Waals surface area (Å²) in [5, 5.41) is 0.940. The molecule has 11 heavy (non-hydrogen) atoms. The highest BCUT2D eigenvalue weighted by Crippen LogP contribution is 2.40. The molecule has 0 nitrogen and oxygen atoms in total. The van der Waals surface area contributed by atoms with Crippen molar-refractivity contribution >= 4 is 11.8 Å². The van der Waals surface area contributed by atoms with E-state index in [0.29, 0.717) is 4.75 Å². The van der Waals surface area contributed by atoms with Crippen LogP contribution >= 0.6 is 11.8 Å². The Hall–Kier alpha value is 0.350. The molecule has 66 valence electrons. The van der Waals surface area contributed by atoms with E-state index >= 15 is 0 Å². The summed E-state index contributed by atoms with van der Waals surface area (Å²) >= 11 is 2.17. The number of hydrogen-bond donors (Lipinski definition) is 0. The Labute approximate surface area is 75.1 Å². The zero-order valence-corrected chi connectivity index (χ0v) is 9.00. The van der Waals surface area contributed by atoms with Crippen LogP contribution in [0, 0.1) is 5.92 Å². The Morgan fingerprint density at radius 2 is 1.82 bits per heavy atom. The van der Waals surface area contributed by atoms with Crippen LogP contribution in [0.25, 0.3) is 0 Å². The van der Waals surface area contributed by atoms with Crippen molar-refractivity contribution in [3.8, 4) is 0 Å². The van der Waals surface area contributed by atoms with Gasteiger partial charge in [-0.15, -0.1) is 0 Å². The summed E-state index contributed by atoms with van der Waals surface area (Å²) in [7, 11) is 0. The van der Waals surface area contributed by atoms with Crippen molar-refractivity contribution in [3.63, 3.8) is 0 Å². The molecule has 0 heterocycles. The first-order chi connectivity index (χ1) is 4.99. The molecule has 0 aromatic rings. The predicted molar refractivity (Wildman–Crippen MR) is 54.1 cm³/mol. The average molecular weight is 172 g/mol. The molecule has 0 amide bonds. The van der Waals surface area contributed by atoms with Crippen LogP contribution in [0.1, 0.15) is 47.0 Å². The maximum absolute atomic E-state index is 2.40. The Kier molecular flexibility index (Phi) is 2.90. The molecule has 1 aliphatic rings. The van der Waals surface area contributed by atoms with Crippen LogP contribution in [0.4, 0.5) is 0 Å².